The Morgan fingerprint density at radius 2 is 1.57 bits per heavy atom. The molecule has 1 amide bonds. The van der Waals surface area contributed by atoms with Crippen LogP contribution < -0.4 is 19.3 Å². The van der Waals surface area contributed by atoms with Crippen molar-refractivity contribution >= 4 is 23.1 Å². The van der Waals surface area contributed by atoms with Crippen LogP contribution in [0.25, 0.3) is 0 Å². The van der Waals surface area contributed by atoms with Gasteiger partial charge in [-0.25, -0.2) is 0 Å². The van der Waals surface area contributed by atoms with Gasteiger partial charge in [-0.3, -0.25) is 19.4 Å². The summed E-state index contributed by atoms with van der Waals surface area (Å²) in [5.41, 5.74) is 0.684. The number of carbonyl (C=O) groups is 2. The van der Waals surface area contributed by atoms with Gasteiger partial charge in [-0.05, 0) is 36.4 Å². The first-order chi connectivity index (χ1) is 17.9. The number of nitrogens with zero attached hydrogens (tertiary/aromatic N) is 3. The molecule has 0 saturated carbocycles. The van der Waals surface area contributed by atoms with Gasteiger partial charge < -0.3 is 19.5 Å². The maximum absolute atomic E-state index is 13.7. The van der Waals surface area contributed by atoms with Crippen LogP contribution in [0.3, 0.4) is 0 Å². The fourth-order valence-electron chi connectivity index (χ4n) is 5.15. The minimum absolute atomic E-state index is 0.340. The topological polar surface area (TPSA) is 82.5 Å². The summed E-state index contributed by atoms with van der Waals surface area (Å²) in [6, 6.07) is 22.3. The molecule has 0 radical (unpaired) electrons. The summed E-state index contributed by atoms with van der Waals surface area (Å²) in [4.78, 5) is 33.1. The van der Waals surface area contributed by atoms with E-state index in [1.54, 1.807) is 35.2 Å². The zero-order valence-corrected chi connectivity index (χ0v) is 21.1. The summed E-state index contributed by atoms with van der Waals surface area (Å²) in [7, 11) is 3.01. The largest absolute Gasteiger partial charge is 0.493 e. The van der Waals surface area contributed by atoms with E-state index in [0.717, 1.165) is 26.2 Å². The van der Waals surface area contributed by atoms with Gasteiger partial charge in [0.2, 0.25) is 0 Å². The number of ketones is 1. The third kappa shape index (κ3) is 4.65. The van der Waals surface area contributed by atoms with Crippen LogP contribution in [0, 0.1) is 0 Å². The number of hydrogen-bond acceptors (Lipinski definition) is 7. The Labute approximate surface area is 216 Å². The molecule has 0 spiro atoms. The maximum Gasteiger partial charge on any atom is 0.265 e. The third-order valence-electron chi connectivity index (χ3n) is 7.20. The standard InChI is InChI=1S/C29H31N3O5/c1-36-26-13-12-21(18-27(26)37-2)25(33)19-29(35)23-10-6-7-11-24(23)32(28(29)34)20-30-14-16-31(17-15-30)22-8-4-3-5-9-22/h3-13,18,35H,14-17,19-20H2,1-2H3. The van der Waals surface area contributed by atoms with Crippen molar-refractivity contribution in [3.05, 3.63) is 83.9 Å². The molecule has 8 heteroatoms. The summed E-state index contributed by atoms with van der Waals surface area (Å²) in [5.74, 6) is 0.0753. The van der Waals surface area contributed by atoms with Crippen molar-refractivity contribution in [2.24, 2.45) is 0 Å². The van der Waals surface area contributed by atoms with Crippen LogP contribution in [0.4, 0.5) is 11.4 Å². The number of amides is 1. The molecule has 5 rings (SSSR count). The Morgan fingerprint density at radius 1 is 0.892 bits per heavy atom. The Balaban J connectivity index is 1.33. The lowest BCUT2D eigenvalue weighted by Gasteiger charge is -2.38. The number of Topliss-reactive ketones (excluding diaryl/α,β-unsaturated/α-hetero) is 1. The molecule has 1 atom stereocenters. The zero-order valence-electron chi connectivity index (χ0n) is 21.1. The van der Waals surface area contributed by atoms with Crippen molar-refractivity contribution in [3.8, 4) is 11.5 Å². The normalized spacial score (nSPS) is 19.6. The number of anilines is 2. The zero-order chi connectivity index (χ0) is 26.0. The van der Waals surface area contributed by atoms with E-state index in [4.69, 9.17) is 9.47 Å². The second kappa shape index (κ2) is 10.2. The van der Waals surface area contributed by atoms with Crippen LogP contribution in [-0.2, 0) is 10.4 Å². The van der Waals surface area contributed by atoms with E-state index in [1.165, 1.54) is 19.9 Å². The molecule has 192 valence electrons. The summed E-state index contributed by atoms with van der Waals surface area (Å²) >= 11 is 0. The minimum Gasteiger partial charge on any atom is -0.493 e. The number of para-hydroxylation sites is 2. The molecule has 1 N–H and O–H groups in total. The summed E-state index contributed by atoms with van der Waals surface area (Å²) in [6.45, 7) is 3.60. The minimum atomic E-state index is -1.94. The average Bonchev–Trinajstić information content (AvgIpc) is 3.15. The van der Waals surface area contributed by atoms with Crippen LogP contribution >= 0.6 is 0 Å². The molecule has 2 heterocycles. The SMILES string of the molecule is COc1ccc(C(=O)CC2(O)C(=O)N(CN3CCN(c4ccccc4)CC3)c3ccccc32)cc1OC. The number of aliphatic hydroxyl groups is 1. The van der Waals surface area contributed by atoms with E-state index in [2.05, 4.69) is 21.9 Å². The predicted molar refractivity (Wildman–Crippen MR) is 141 cm³/mol. The first-order valence-electron chi connectivity index (χ1n) is 12.4. The van der Waals surface area contributed by atoms with Crippen molar-refractivity contribution in [3.63, 3.8) is 0 Å². The first kappa shape index (κ1) is 24.8. The van der Waals surface area contributed by atoms with Crippen LogP contribution in [0.1, 0.15) is 22.3 Å². The predicted octanol–water partition coefficient (Wildman–Crippen LogP) is 3.29. The summed E-state index contributed by atoms with van der Waals surface area (Å²) < 4.78 is 10.6. The molecule has 2 aliphatic heterocycles. The van der Waals surface area contributed by atoms with E-state index in [0.29, 0.717) is 35.0 Å². The highest BCUT2D eigenvalue weighted by molar-refractivity contribution is 6.10. The Bertz CT molecular complexity index is 1290. The number of hydrogen-bond donors (Lipinski definition) is 1. The summed E-state index contributed by atoms with van der Waals surface area (Å²) in [5, 5.41) is 11.7. The van der Waals surface area contributed by atoms with Gasteiger partial charge in [0, 0.05) is 43.0 Å². The molecule has 0 aliphatic carbocycles. The van der Waals surface area contributed by atoms with Crippen molar-refractivity contribution in [2.75, 3.05) is 56.9 Å². The second-order valence-corrected chi connectivity index (χ2v) is 9.36. The molecular weight excluding hydrogens is 470 g/mol. The number of carbonyl (C=O) groups excluding carboxylic acids is 2. The molecule has 3 aromatic carbocycles. The molecular formula is C29H31N3O5. The number of piperazine rings is 1. The van der Waals surface area contributed by atoms with E-state index >= 15 is 0 Å². The number of ether oxygens (including phenoxy) is 2. The first-order valence-corrected chi connectivity index (χ1v) is 12.4. The van der Waals surface area contributed by atoms with Gasteiger partial charge in [-0.15, -0.1) is 0 Å². The van der Waals surface area contributed by atoms with Crippen molar-refractivity contribution in [1.82, 2.24) is 4.90 Å². The van der Waals surface area contributed by atoms with Gasteiger partial charge in [-0.1, -0.05) is 36.4 Å². The number of fused-ring (bicyclic) bond motifs is 1. The van der Waals surface area contributed by atoms with Crippen molar-refractivity contribution < 1.29 is 24.2 Å². The Hall–Kier alpha value is -3.88. The Kier molecular flexibility index (Phi) is 6.86. The lowest BCUT2D eigenvalue weighted by molar-refractivity contribution is -0.136. The smallest absolute Gasteiger partial charge is 0.265 e. The molecule has 37 heavy (non-hydrogen) atoms. The van der Waals surface area contributed by atoms with E-state index in [-0.39, 0.29) is 12.2 Å². The van der Waals surface area contributed by atoms with E-state index in [1.807, 2.05) is 30.3 Å². The highest BCUT2D eigenvalue weighted by Crippen LogP contribution is 2.43. The van der Waals surface area contributed by atoms with E-state index < -0.39 is 11.5 Å². The van der Waals surface area contributed by atoms with Crippen LogP contribution in [0.5, 0.6) is 11.5 Å². The maximum atomic E-state index is 13.7. The Morgan fingerprint density at radius 3 is 2.27 bits per heavy atom. The monoisotopic (exact) mass is 501 g/mol. The second-order valence-electron chi connectivity index (χ2n) is 9.36. The van der Waals surface area contributed by atoms with Gasteiger partial charge in [0.05, 0.1) is 33.0 Å². The fourth-order valence-corrected chi connectivity index (χ4v) is 5.15. The van der Waals surface area contributed by atoms with Gasteiger partial charge in [-0.2, -0.15) is 0 Å². The van der Waals surface area contributed by atoms with Gasteiger partial charge >= 0.3 is 0 Å². The third-order valence-corrected chi connectivity index (χ3v) is 7.20. The quantitative estimate of drug-likeness (QED) is 0.475. The number of benzene rings is 3. The highest BCUT2D eigenvalue weighted by atomic mass is 16.5. The molecule has 2 aliphatic rings. The fraction of sp³-hybridized carbons (Fsp3) is 0.310. The molecule has 0 aromatic heterocycles. The van der Waals surface area contributed by atoms with Gasteiger partial charge in [0.1, 0.15) is 0 Å². The van der Waals surface area contributed by atoms with Gasteiger partial charge in [0.25, 0.3) is 5.91 Å². The molecule has 1 fully saturated rings. The van der Waals surface area contributed by atoms with Gasteiger partial charge in [0.15, 0.2) is 22.9 Å². The summed E-state index contributed by atoms with van der Waals surface area (Å²) in [6.07, 6.45) is -0.364. The lowest BCUT2D eigenvalue weighted by atomic mass is 9.88. The van der Waals surface area contributed by atoms with Crippen LogP contribution in [0.15, 0.2) is 72.8 Å². The van der Waals surface area contributed by atoms with Crippen molar-refractivity contribution in [2.45, 2.75) is 12.0 Å². The van der Waals surface area contributed by atoms with Crippen LogP contribution in [0.2, 0.25) is 0 Å². The van der Waals surface area contributed by atoms with E-state index in [9.17, 15) is 14.7 Å². The molecule has 3 aromatic rings. The molecule has 1 saturated heterocycles. The van der Waals surface area contributed by atoms with Crippen LogP contribution in [-0.4, -0.2) is 68.8 Å². The molecule has 8 nitrogen and oxygen atoms in total. The van der Waals surface area contributed by atoms with Crippen molar-refractivity contribution in [1.29, 1.82) is 0 Å². The molecule has 1 unspecified atom stereocenters. The molecule has 0 bridgehead atoms. The average molecular weight is 502 g/mol. The number of rotatable bonds is 8. The lowest BCUT2D eigenvalue weighted by Crippen LogP contribution is -2.52. The number of methoxy groups -OCH3 is 2. The highest BCUT2D eigenvalue weighted by Gasteiger charge is 2.51.